The third-order valence-electron chi connectivity index (χ3n) is 4.20. The van der Waals surface area contributed by atoms with Crippen molar-refractivity contribution in [2.24, 2.45) is 0 Å². The summed E-state index contributed by atoms with van der Waals surface area (Å²) >= 11 is 0. The van der Waals surface area contributed by atoms with E-state index in [1.165, 1.54) is 52.1 Å². The molecule has 94 valence electrons. The van der Waals surface area contributed by atoms with Gasteiger partial charge in [0.15, 0.2) is 0 Å². The molecule has 2 fully saturated rings. The fourth-order valence-corrected chi connectivity index (χ4v) is 2.97. The molecule has 0 radical (unpaired) electrons. The Kier molecular flexibility index (Phi) is 4.22. The van der Waals surface area contributed by atoms with Crippen molar-refractivity contribution < 1.29 is 0 Å². The lowest BCUT2D eigenvalue weighted by atomic mass is 10.2. The molecule has 1 unspecified atom stereocenters. The SMILES string of the molecule is CC(C)N1CCC(N2CCCN(C)CC2)C1. The van der Waals surface area contributed by atoms with Crippen molar-refractivity contribution in [1.82, 2.24) is 14.7 Å². The maximum Gasteiger partial charge on any atom is 0.0236 e. The van der Waals surface area contributed by atoms with Crippen LogP contribution in [0.1, 0.15) is 26.7 Å². The van der Waals surface area contributed by atoms with Crippen molar-refractivity contribution in [2.75, 3.05) is 46.3 Å². The van der Waals surface area contributed by atoms with Crippen LogP contribution >= 0.6 is 0 Å². The summed E-state index contributed by atoms with van der Waals surface area (Å²) in [6.07, 6.45) is 2.72. The van der Waals surface area contributed by atoms with Crippen LogP contribution in [0.15, 0.2) is 0 Å². The van der Waals surface area contributed by atoms with Crippen LogP contribution in [0.2, 0.25) is 0 Å². The highest BCUT2D eigenvalue weighted by Crippen LogP contribution is 2.19. The number of likely N-dealkylation sites (N-methyl/N-ethyl adjacent to an activating group) is 1. The van der Waals surface area contributed by atoms with Gasteiger partial charge < -0.3 is 4.90 Å². The first kappa shape index (κ1) is 12.3. The molecule has 0 aliphatic carbocycles. The lowest BCUT2D eigenvalue weighted by Gasteiger charge is -2.28. The smallest absolute Gasteiger partial charge is 0.0236 e. The maximum atomic E-state index is 2.73. The van der Waals surface area contributed by atoms with Gasteiger partial charge in [0.25, 0.3) is 0 Å². The third-order valence-corrected chi connectivity index (χ3v) is 4.20. The summed E-state index contributed by atoms with van der Waals surface area (Å²) in [7, 11) is 2.25. The number of nitrogens with zero attached hydrogens (tertiary/aromatic N) is 3. The Bertz CT molecular complexity index is 217. The van der Waals surface area contributed by atoms with Crippen LogP contribution in [0.5, 0.6) is 0 Å². The number of hydrogen-bond donors (Lipinski definition) is 0. The summed E-state index contributed by atoms with van der Waals surface area (Å²) in [5.74, 6) is 0. The van der Waals surface area contributed by atoms with E-state index in [4.69, 9.17) is 0 Å². The van der Waals surface area contributed by atoms with Crippen LogP contribution < -0.4 is 0 Å². The van der Waals surface area contributed by atoms with Crippen molar-refractivity contribution in [2.45, 2.75) is 38.8 Å². The van der Waals surface area contributed by atoms with Crippen LogP contribution in [-0.4, -0.2) is 73.1 Å². The summed E-state index contributed by atoms with van der Waals surface area (Å²) in [6.45, 7) is 12.3. The second-order valence-corrected chi connectivity index (χ2v) is 5.72. The van der Waals surface area contributed by atoms with Gasteiger partial charge in [0.1, 0.15) is 0 Å². The van der Waals surface area contributed by atoms with Crippen LogP contribution in [0.4, 0.5) is 0 Å². The fraction of sp³-hybridized carbons (Fsp3) is 1.00. The van der Waals surface area contributed by atoms with E-state index in [9.17, 15) is 0 Å². The lowest BCUT2D eigenvalue weighted by molar-refractivity contribution is 0.187. The van der Waals surface area contributed by atoms with Gasteiger partial charge in [-0.25, -0.2) is 0 Å². The van der Waals surface area contributed by atoms with Crippen molar-refractivity contribution in [3.8, 4) is 0 Å². The molecule has 0 spiro atoms. The highest BCUT2D eigenvalue weighted by Gasteiger charge is 2.29. The molecule has 1 atom stereocenters. The zero-order valence-corrected chi connectivity index (χ0v) is 11.2. The highest BCUT2D eigenvalue weighted by atomic mass is 15.3. The van der Waals surface area contributed by atoms with Gasteiger partial charge in [-0.15, -0.1) is 0 Å². The summed E-state index contributed by atoms with van der Waals surface area (Å²) in [4.78, 5) is 7.82. The van der Waals surface area contributed by atoms with Gasteiger partial charge >= 0.3 is 0 Å². The molecule has 0 saturated carbocycles. The van der Waals surface area contributed by atoms with Crippen molar-refractivity contribution >= 4 is 0 Å². The Balaban J connectivity index is 1.84. The molecule has 0 bridgehead atoms. The van der Waals surface area contributed by atoms with E-state index in [0.717, 1.165) is 12.1 Å². The normalized spacial score (nSPS) is 31.1. The minimum Gasteiger partial charge on any atom is -0.305 e. The largest absolute Gasteiger partial charge is 0.305 e. The predicted octanol–water partition coefficient (Wildman–Crippen LogP) is 1.11. The molecule has 3 nitrogen and oxygen atoms in total. The van der Waals surface area contributed by atoms with E-state index in [1.807, 2.05) is 0 Å². The Morgan fingerprint density at radius 1 is 1.00 bits per heavy atom. The van der Waals surface area contributed by atoms with E-state index in [-0.39, 0.29) is 0 Å². The molecule has 0 aromatic heterocycles. The van der Waals surface area contributed by atoms with Crippen molar-refractivity contribution in [3.05, 3.63) is 0 Å². The topological polar surface area (TPSA) is 9.72 Å². The van der Waals surface area contributed by atoms with Crippen LogP contribution in [0.25, 0.3) is 0 Å². The molecule has 2 aliphatic rings. The highest BCUT2D eigenvalue weighted by molar-refractivity contribution is 4.86. The van der Waals surface area contributed by atoms with Gasteiger partial charge in [0, 0.05) is 38.3 Å². The van der Waals surface area contributed by atoms with Gasteiger partial charge in [-0.2, -0.15) is 0 Å². The van der Waals surface area contributed by atoms with Gasteiger partial charge in [-0.3, -0.25) is 9.80 Å². The van der Waals surface area contributed by atoms with Crippen LogP contribution in [-0.2, 0) is 0 Å². The molecule has 0 amide bonds. The van der Waals surface area contributed by atoms with E-state index in [0.29, 0.717) is 0 Å². The molecule has 0 aromatic carbocycles. The van der Waals surface area contributed by atoms with E-state index in [1.54, 1.807) is 0 Å². The second kappa shape index (κ2) is 5.48. The van der Waals surface area contributed by atoms with Gasteiger partial charge in [0.05, 0.1) is 0 Å². The molecule has 2 saturated heterocycles. The Morgan fingerprint density at radius 2 is 1.81 bits per heavy atom. The van der Waals surface area contributed by atoms with Gasteiger partial charge in [-0.05, 0) is 46.8 Å². The monoisotopic (exact) mass is 225 g/mol. The minimum atomic E-state index is 0.722. The molecule has 2 aliphatic heterocycles. The second-order valence-electron chi connectivity index (χ2n) is 5.72. The number of rotatable bonds is 2. The summed E-state index contributed by atoms with van der Waals surface area (Å²) in [5.41, 5.74) is 0. The average molecular weight is 225 g/mol. The zero-order valence-electron chi connectivity index (χ0n) is 11.2. The summed E-state index contributed by atoms with van der Waals surface area (Å²) in [6, 6.07) is 1.55. The van der Waals surface area contributed by atoms with Gasteiger partial charge in [0.2, 0.25) is 0 Å². The zero-order chi connectivity index (χ0) is 11.5. The van der Waals surface area contributed by atoms with Crippen molar-refractivity contribution in [3.63, 3.8) is 0 Å². The first-order valence-electron chi connectivity index (χ1n) is 6.83. The lowest BCUT2D eigenvalue weighted by Crippen LogP contribution is -2.40. The first-order chi connectivity index (χ1) is 7.66. The minimum absolute atomic E-state index is 0.722. The quantitative estimate of drug-likeness (QED) is 0.697. The van der Waals surface area contributed by atoms with Crippen LogP contribution in [0, 0.1) is 0 Å². The van der Waals surface area contributed by atoms with E-state index >= 15 is 0 Å². The molecule has 0 N–H and O–H groups in total. The molecular weight excluding hydrogens is 198 g/mol. The van der Waals surface area contributed by atoms with E-state index < -0.39 is 0 Å². The van der Waals surface area contributed by atoms with Crippen molar-refractivity contribution in [1.29, 1.82) is 0 Å². The molecule has 3 heteroatoms. The molecule has 2 rings (SSSR count). The summed E-state index contributed by atoms with van der Waals surface area (Å²) < 4.78 is 0. The Labute approximate surface area is 100 Å². The molecule has 2 heterocycles. The Hall–Kier alpha value is -0.120. The standard InChI is InChI=1S/C13H27N3/c1-12(2)16-8-5-13(11-16)15-7-4-6-14(3)9-10-15/h12-13H,4-11H2,1-3H3. The van der Waals surface area contributed by atoms with Gasteiger partial charge in [-0.1, -0.05) is 0 Å². The number of likely N-dealkylation sites (tertiary alicyclic amines) is 1. The third kappa shape index (κ3) is 2.96. The first-order valence-corrected chi connectivity index (χ1v) is 6.83. The van der Waals surface area contributed by atoms with E-state index in [2.05, 4.69) is 35.6 Å². The molecular formula is C13H27N3. The Morgan fingerprint density at radius 3 is 2.50 bits per heavy atom. The molecule has 0 aromatic rings. The average Bonchev–Trinajstić information content (AvgIpc) is 2.63. The maximum absolute atomic E-state index is 2.73. The summed E-state index contributed by atoms with van der Waals surface area (Å²) in [5, 5.41) is 0. The number of hydrogen-bond acceptors (Lipinski definition) is 3. The molecule has 16 heavy (non-hydrogen) atoms. The predicted molar refractivity (Wildman–Crippen MR) is 68.8 cm³/mol. The fourth-order valence-electron chi connectivity index (χ4n) is 2.97. The van der Waals surface area contributed by atoms with Crippen LogP contribution in [0.3, 0.4) is 0 Å².